The predicted octanol–water partition coefficient (Wildman–Crippen LogP) is 3.31. The number of carbonyl (C=O) groups is 1. The fourth-order valence-electron chi connectivity index (χ4n) is 4.42. The average molecular weight is 480 g/mol. The van der Waals surface area contributed by atoms with Crippen molar-refractivity contribution >= 4 is 34.4 Å². The maximum atomic E-state index is 13.4. The molecule has 4 N–H and O–H groups in total. The summed E-state index contributed by atoms with van der Waals surface area (Å²) in [7, 11) is 0. The number of nitrogens with two attached hydrogens (primary N) is 1. The molecule has 1 atom stereocenters. The number of halogens is 1. The van der Waals surface area contributed by atoms with Gasteiger partial charge >= 0.3 is 0 Å². The third-order valence-corrected chi connectivity index (χ3v) is 6.65. The molecule has 3 aromatic heterocycles. The molecule has 1 aliphatic rings. The second-order valence-electron chi connectivity index (χ2n) is 8.80. The molecule has 0 radical (unpaired) electrons. The van der Waals surface area contributed by atoms with Crippen molar-refractivity contribution in [1.82, 2.24) is 25.4 Å². The number of aromatic nitrogens is 4. The van der Waals surface area contributed by atoms with Crippen LogP contribution in [-0.2, 0) is 11.2 Å². The largest absolute Gasteiger partial charge is 0.361 e. The molecule has 0 saturated carbocycles. The summed E-state index contributed by atoms with van der Waals surface area (Å²) in [6.07, 6.45) is 4.86. The molecule has 1 fully saturated rings. The molecule has 0 spiro atoms. The van der Waals surface area contributed by atoms with E-state index in [-0.39, 0.29) is 11.9 Å². The standard InChI is InChI=1S/C24H26ClN7O2/c1-15-12-18(34-31-15)13-20(16-2-4-17(25)5-3-16)30-23(33)24(26)7-10-32(11-8-24)22-19-6-9-27-21(19)28-14-29-22/h2-6,9,12,14,20H,7-8,10-11,13,26H2,1H3,(H,30,33)(H,27,28,29). The molecule has 1 amide bonds. The summed E-state index contributed by atoms with van der Waals surface area (Å²) in [5.41, 5.74) is 8.17. The van der Waals surface area contributed by atoms with Gasteiger partial charge in [-0.1, -0.05) is 28.9 Å². The van der Waals surface area contributed by atoms with E-state index in [4.69, 9.17) is 21.9 Å². The molecule has 1 unspecified atom stereocenters. The van der Waals surface area contributed by atoms with Crippen LogP contribution in [0.2, 0.25) is 5.02 Å². The maximum Gasteiger partial charge on any atom is 0.240 e. The molecule has 9 nitrogen and oxygen atoms in total. The van der Waals surface area contributed by atoms with Gasteiger partial charge in [0.2, 0.25) is 5.91 Å². The van der Waals surface area contributed by atoms with Gasteiger partial charge in [-0.2, -0.15) is 0 Å². The van der Waals surface area contributed by atoms with E-state index in [0.717, 1.165) is 28.1 Å². The number of amides is 1. The Hall–Kier alpha value is -3.43. The van der Waals surface area contributed by atoms with E-state index >= 15 is 0 Å². The van der Waals surface area contributed by atoms with Crippen LogP contribution >= 0.6 is 11.6 Å². The number of fused-ring (bicyclic) bond motifs is 1. The lowest BCUT2D eigenvalue weighted by Crippen LogP contribution is -2.60. The van der Waals surface area contributed by atoms with Crippen LogP contribution in [0.5, 0.6) is 0 Å². The van der Waals surface area contributed by atoms with Gasteiger partial charge in [0.05, 0.1) is 22.7 Å². The number of hydrogen-bond acceptors (Lipinski definition) is 7. The summed E-state index contributed by atoms with van der Waals surface area (Å²) in [5, 5.41) is 8.71. The number of nitrogens with one attached hydrogen (secondary N) is 2. The number of aryl methyl sites for hydroxylation is 1. The van der Waals surface area contributed by atoms with Gasteiger partial charge in [0.1, 0.15) is 23.6 Å². The molecule has 1 aromatic carbocycles. The SMILES string of the molecule is Cc1cc(CC(NC(=O)C2(N)CCN(c3ncnc4[nH]ccc34)CC2)c2ccc(Cl)cc2)on1. The van der Waals surface area contributed by atoms with Gasteiger partial charge in [-0.05, 0) is 43.5 Å². The number of benzene rings is 1. The molecule has 4 heterocycles. The Morgan fingerprint density at radius 1 is 1.26 bits per heavy atom. The van der Waals surface area contributed by atoms with E-state index in [1.165, 1.54) is 0 Å². The molecule has 5 rings (SSSR count). The minimum Gasteiger partial charge on any atom is -0.361 e. The number of hydrogen-bond donors (Lipinski definition) is 3. The molecule has 10 heteroatoms. The van der Waals surface area contributed by atoms with E-state index in [2.05, 4.69) is 30.3 Å². The molecule has 4 aromatic rings. The normalized spacial score (nSPS) is 16.5. The Morgan fingerprint density at radius 3 is 2.74 bits per heavy atom. The molecule has 0 aliphatic carbocycles. The highest BCUT2D eigenvalue weighted by Gasteiger charge is 2.39. The Morgan fingerprint density at radius 2 is 2.03 bits per heavy atom. The highest BCUT2D eigenvalue weighted by atomic mass is 35.5. The zero-order valence-electron chi connectivity index (χ0n) is 18.8. The fourth-order valence-corrected chi connectivity index (χ4v) is 4.54. The number of carbonyl (C=O) groups excluding carboxylic acids is 1. The van der Waals surface area contributed by atoms with E-state index in [9.17, 15) is 4.79 Å². The summed E-state index contributed by atoms with van der Waals surface area (Å²) < 4.78 is 5.40. The van der Waals surface area contributed by atoms with Gasteiger partial charge < -0.3 is 25.5 Å². The van der Waals surface area contributed by atoms with Crippen molar-refractivity contribution in [2.45, 2.75) is 37.8 Å². The monoisotopic (exact) mass is 479 g/mol. The lowest BCUT2D eigenvalue weighted by Gasteiger charge is -2.39. The average Bonchev–Trinajstić information content (AvgIpc) is 3.48. The number of H-pyrrole nitrogens is 1. The fraction of sp³-hybridized carbons (Fsp3) is 0.333. The summed E-state index contributed by atoms with van der Waals surface area (Å²) >= 11 is 6.07. The van der Waals surface area contributed by atoms with Gasteiger partial charge in [-0.3, -0.25) is 4.79 Å². The second kappa shape index (κ2) is 9.08. The highest BCUT2D eigenvalue weighted by Crippen LogP contribution is 2.29. The summed E-state index contributed by atoms with van der Waals surface area (Å²) in [6.45, 7) is 3.10. The first-order valence-electron chi connectivity index (χ1n) is 11.2. The number of anilines is 1. The Balaban J connectivity index is 1.31. The van der Waals surface area contributed by atoms with Crippen molar-refractivity contribution in [3.8, 4) is 0 Å². The van der Waals surface area contributed by atoms with Crippen molar-refractivity contribution in [3.63, 3.8) is 0 Å². The molecule has 34 heavy (non-hydrogen) atoms. The zero-order valence-corrected chi connectivity index (χ0v) is 19.5. The molecular weight excluding hydrogens is 454 g/mol. The molecule has 1 aliphatic heterocycles. The molecule has 176 valence electrons. The van der Waals surface area contributed by atoms with Crippen molar-refractivity contribution in [3.05, 3.63) is 71.0 Å². The topological polar surface area (TPSA) is 126 Å². The van der Waals surface area contributed by atoms with E-state index in [1.54, 1.807) is 6.33 Å². The van der Waals surface area contributed by atoms with Crippen LogP contribution in [0.4, 0.5) is 5.82 Å². The van der Waals surface area contributed by atoms with E-state index < -0.39 is 5.54 Å². The minimum absolute atomic E-state index is 0.183. The Kier molecular flexibility index (Phi) is 5.97. The third kappa shape index (κ3) is 4.49. The number of nitrogens with zero attached hydrogens (tertiary/aromatic N) is 4. The van der Waals surface area contributed by atoms with E-state index in [0.29, 0.717) is 43.1 Å². The van der Waals surface area contributed by atoms with E-state index in [1.807, 2.05) is 49.5 Å². The Labute approximate surface area is 201 Å². The second-order valence-corrected chi connectivity index (χ2v) is 9.23. The van der Waals surface area contributed by atoms with Crippen LogP contribution < -0.4 is 16.0 Å². The van der Waals surface area contributed by atoms with Crippen LogP contribution in [-0.4, -0.2) is 44.6 Å². The minimum atomic E-state index is -0.983. The predicted molar refractivity (Wildman–Crippen MR) is 130 cm³/mol. The van der Waals surface area contributed by atoms with Gasteiger partial charge in [0.25, 0.3) is 0 Å². The Bertz CT molecular complexity index is 1290. The van der Waals surface area contributed by atoms with Gasteiger partial charge in [-0.25, -0.2) is 9.97 Å². The van der Waals surface area contributed by atoms with Crippen LogP contribution in [0, 0.1) is 6.92 Å². The molecule has 1 saturated heterocycles. The molecular formula is C24H26ClN7O2. The quantitative estimate of drug-likeness (QED) is 0.387. The number of aromatic amines is 1. The zero-order chi connectivity index (χ0) is 23.7. The van der Waals surface area contributed by atoms with Gasteiger partial charge in [0.15, 0.2) is 0 Å². The van der Waals surface area contributed by atoms with Crippen LogP contribution in [0.1, 0.15) is 35.9 Å². The van der Waals surface area contributed by atoms with Crippen molar-refractivity contribution < 1.29 is 9.32 Å². The summed E-state index contributed by atoms with van der Waals surface area (Å²) in [6, 6.07) is 10.9. The number of piperidine rings is 1. The van der Waals surface area contributed by atoms with Crippen molar-refractivity contribution in [1.29, 1.82) is 0 Å². The van der Waals surface area contributed by atoms with Crippen LogP contribution in [0.3, 0.4) is 0 Å². The smallest absolute Gasteiger partial charge is 0.240 e. The van der Waals surface area contributed by atoms with Crippen molar-refractivity contribution in [2.24, 2.45) is 5.73 Å². The lowest BCUT2D eigenvalue weighted by molar-refractivity contribution is -0.127. The molecule has 0 bridgehead atoms. The lowest BCUT2D eigenvalue weighted by atomic mass is 9.86. The van der Waals surface area contributed by atoms with Gasteiger partial charge in [0, 0.05) is 36.8 Å². The van der Waals surface area contributed by atoms with Gasteiger partial charge in [-0.15, -0.1) is 0 Å². The van der Waals surface area contributed by atoms with Crippen molar-refractivity contribution in [2.75, 3.05) is 18.0 Å². The maximum absolute atomic E-state index is 13.4. The highest BCUT2D eigenvalue weighted by molar-refractivity contribution is 6.30. The third-order valence-electron chi connectivity index (χ3n) is 6.40. The first-order valence-corrected chi connectivity index (χ1v) is 11.6. The first-order chi connectivity index (χ1) is 16.4. The number of rotatable bonds is 6. The summed E-state index contributed by atoms with van der Waals surface area (Å²) in [4.78, 5) is 27.4. The van der Waals surface area contributed by atoms with Crippen LogP contribution in [0.25, 0.3) is 11.0 Å². The summed E-state index contributed by atoms with van der Waals surface area (Å²) in [5.74, 6) is 1.36. The van der Waals surface area contributed by atoms with Crippen LogP contribution in [0.15, 0.2) is 53.4 Å². The first kappa shape index (κ1) is 22.4.